The molecule has 4 nitrogen and oxygen atoms in total. The van der Waals surface area contributed by atoms with Gasteiger partial charge in [-0.1, -0.05) is 17.7 Å². The molecule has 1 atom stereocenters. The number of alkyl carbamates (subject to hydrolysis) is 1. The fourth-order valence-electron chi connectivity index (χ4n) is 2.35. The molecule has 19 heavy (non-hydrogen) atoms. The van der Waals surface area contributed by atoms with Crippen molar-refractivity contribution in [2.75, 3.05) is 13.7 Å². The van der Waals surface area contributed by atoms with Crippen LogP contribution in [0, 0.1) is 0 Å². The summed E-state index contributed by atoms with van der Waals surface area (Å²) in [5, 5.41) is 6.33. The number of allylic oxidation sites excluding steroid dienone is 3. The van der Waals surface area contributed by atoms with E-state index in [1.807, 2.05) is 0 Å². The molecule has 2 aliphatic carbocycles. The van der Waals surface area contributed by atoms with Gasteiger partial charge in [0, 0.05) is 18.6 Å². The van der Waals surface area contributed by atoms with E-state index in [9.17, 15) is 4.79 Å². The number of amides is 1. The highest BCUT2D eigenvalue weighted by Crippen LogP contribution is 2.26. The lowest BCUT2D eigenvalue weighted by molar-refractivity contribution is 0.171. The molecule has 2 rings (SSSR count). The molecule has 1 fully saturated rings. The Bertz CT molecular complexity index is 384. The van der Waals surface area contributed by atoms with Crippen molar-refractivity contribution in [1.29, 1.82) is 0 Å². The van der Waals surface area contributed by atoms with E-state index in [1.165, 1.54) is 31.1 Å². The molecule has 1 amide bonds. The number of methoxy groups -OCH3 is 1. The van der Waals surface area contributed by atoms with E-state index in [0.717, 1.165) is 25.3 Å². The van der Waals surface area contributed by atoms with Gasteiger partial charge in [-0.05, 0) is 44.6 Å². The van der Waals surface area contributed by atoms with Gasteiger partial charge in [-0.2, -0.15) is 0 Å². The van der Waals surface area contributed by atoms with Gasteiger partial charge in [-0.3, -0.25) is 0 Å². The number of rotatable bonds is 7. The summed E-state index contributed by atoms with van der Waals surface area (Å²) >= 11 is 0. The van der Waals surface area contributed by atoms with Crippen LogP contribution in [0.4, 0.5) is 4.79 Å². The maximum atomic E-state index is 10.9. The van der Waals surface area contributed by atoms with Gasteiger partial charge < -0.3 is 15.4 Å². The number of hydrogen-bond donors (Lipinski definition) is 2. The summed E-state index contributed by atoms with van der Waals surface area (Å²) in [6.45, 7) is 2.92. The third-order valence-electron chi connectivity index (χ3n) is 3.69. The SMILES string of the molecule is COC(=O)NCCCC1=CCC([C@@H](C)NC2CC2)=C1. The van der Waals surface area contributed by atoms with Crippen molar-refractivity contribution in [3.8, 4) is 0 Å². The molecule has 2 aliphatic rings. The molecule has 0 spiro atoms. The fraction of sp³-hybridized carbons (Fsp3) is 0.667. The van der Waals surface area contributed by atoms with Gasteiger partial charge in [0.25, 0.3) is 0 Å². The van der Waals surface area contributed by atoms with Crippen LogP contribution >= 0.6 is 0 Å². The molecule has 0 bridgehead atoms. The average Bonchev–Trinajstić information content (AvgIpc) is 3.09. The summed E-state index contributed by atoms with van der Waals surface area (Å²) in [4.78, 5) is 10.9. The van der Waals surface area contributed by atoms with E-state index in [0.29, 0.717) is 12.6 Å². The van der Waals surface area contributed by atoms with E-state index in [4.69, 9.17) is 0 Å². The second kappa shape index (κ2) is 6.75. The lowest BCUT2D eigenvalue weighted by Gasteiger charge is -2.14. The molecule has 0 aliphatic heterocycles. The third-order valence-corrected chi connectivity index (χ3v) is 3.69. The lowest BCUT2D eigenvalue weighted by atomic mass is 10.1. The van der Waals surface area contributed by atoms with E-state index in [2.05, 4.69) is 34.4 Å². The second-order valence-corrected chi connectivity index (χ2v) is 5.39. The lowest BCUT2D eigenvalue weighted by Crippen LogP contribution is -2.29. The van der Waals surface area contributed by atoms with Crippen LogP contribution in [0.15, 0.2) is 23.3 Å². The Morgan fingerprint density at radius 3 is 3.00 bits per heavy atom. The minimum Gasteiger partial charge on any atom is -0.453 e. The van der Waals surface area contributed by atoms with Crippen LogP contribution in [-0.4, -0.2) is 31.8 Å². The molecule has 0 radical (unpaired) electrons. The third kappa shape index (κ3) is 4.71. The van der Waals surface area contributed by atoms with Gasteiger partial charge in [0.05, 0.1) is 7.11 Å². The number of hydrogen-bond acceptors (Lipinski definition) is 3. The van der Waals surface area contributed by atoms with Gasteiger partial charge in [0.1, 0.15) is 0 Å². The van der Waals surface area contributed by atoms with Crippen LogP contribution in [0.5, 0.6) is 0 Å². The van der Waals surface area contributed by atoms with Crippen LogP contribution in [0.25, 0.3) is 0 Å². The van der Waals surface area contributed by atoms with Gasteiger partial charge in [0.2, 0.25) is 0 Å². The Morgan fingerprint density at radius 2 is 2.32 bits per heavy atom. The first-order valence-electron chi connectivity index (χ1n) is 7.16. The molecule has 0 heterocycles. The molecule has 0 aromatic heterocycles. The van der Waals surface area contributed by atoms with Crippen molar-refractivity contribution in [3.05, 3.63) is 23.3 Å². The number of carbonyl (C=O) groups is 1. The van der Waals surface area contributed by atoms with Crippen LogP contribution < -0.4 is 10.6 Å². The first-order chi connectivity index (χ1) is 9.19. The van der Waals surface area contributed by atoms with E-state index in [1.54, 1.807) is 0 Å². The van der Waals surface area contributed by atoms with Gasteiger partial charge >= 0.3 is 6.09 Å². The van der Waals surface area contributed by atoms with Gasteiger partial charge in [-0.25, -0.2) is 4.79 Å². The Morgan fingerprint density at radius 1 is 1.53 bits per heavy atom. The predicted molar refractivity (Wildman–Crippen MR) is 76.0 cm³/mol. The van der Waals surface area contributed by atoms with Crippen molar-refractivity contribution in [2.24, 2.45) is 0 Å². The predicted octanol–water partition coefficient (Wildman–Crippen LogP) is 2.52. The summed E-state index contributed by atoms with van der Waals surface area (Å²) in [7, 11) is 1.39. The zero-order chi connectivity index (χ0) is 13.7. The molecule has 0 aromatic carbocycles. The Hall–Kier alpha value is -1.29. The average molecular weight is 264 g/mol. The van der Waals surface area contributed by atoms with Crippen LogP contribution in [0.1, 0.15) is 39.0 Å². The monoisotopic (exact) mass is 264 g/mol. The topological polar surface area (TPSA) is 50.4 Å². The molecule has 1 saturated carbocycles. The van der Waals surface area contributed by atoms with E-state index in [-0.39, 0.29) is 6.09 Å². The zero-order valence-corrected chi connectivity index (χ0v) is 11.9. The summed E-state index contributed by atoms with van der Waals surface area (Å²) in [5.74, 6) is 0. The molecular weight excluding hydrogens is 240 g/mol. The highest BCUT2D eigenvalue weighted by Gasteiger charge is 2.24. The quantitative estimate of drug-likeness (QED) is 0.695. The van der Waals surface area contributed by atoms with E-state index < -0.39 is 0 Å². The van der Waals surface area contributed by atoms with Crippen LogP contribution in [0.2, 0.25) is 0 Å². The normalized spacial score (nSPS) is 19.7. The van der Waals surface area contributed by atoms with Crippen molar-refractivity contribution < 1.29 is 9.53 Å². The second-order valence-electron chi connectivity index (χ2n) is 5.39. The highest BCUT2D eigenvalue weighted by atomic mass is 16.5. The van der Waals surface area contributed by atoms with Crippen LogP contribution in [-0.2, 0) is 4.74 Å². The van der Waals surface area contributed by atoms with Crippen molar-refractivity contribution in [3.63, 3.8) is 0 Å². The van der Waals surface area contributed by atoms with Gasteiger partial charge in [-0.15, -0.1) is 0 Å². The molecule has 0 unspecified atom stereocenters. The number of nitrogens with one attached hydrogen (secondary N) is 2. The molecule has 0 saturated heterocycles. The highest BCUT2D eigenvalue weighted by molar-refractivity contribution is 5.66. The smallest absolute Gasteiger partial charge is 0.406 e. The number of ether oxygens (including phenoxy) is 1. The zero-order valence-electron chi connectivity index (χ0n) is 11.9. The largest absolute Gasteiger partial charge is 0.453 e. The maximum Gasteiger partial charge on any atom is 0.406 e. The minimum absolute atomic E-state index is 0.348. The summed E-state index contributed by atoms with van der Waals surface area (Å²) < 4.78 is 4.53. The Balaban J connectivity index is 1.64. The summed E-state index contributed by atoms with van der Waals surface area (Å²) in [6, 6.07) is 1.25. The first-order valence-corrected chi connectivity index (χ1v) is 7.16. The standard InChI is InChI=1S/C15H24N2O2/c1-11(17-14-7-8-14)13-6-5-12(10-13)4-3-9-16-15(18)19-2/h5,10-11,14,17H,3-4,6-9H2,1-2H3,(H,16,18)/t11-/m1/s1. The fourth-order valence-corrected chi connectivity index (χ4v) is 2.35. The maximum absolute atomic E-state index is 10.9. The Labute approximate surface area is 115 Å². The Kier molecular flexibility index (Phi) is 5.02. The summed E-state index contributed by atoms with van der Waals surface area (Å²) in [5.41, 5.74) is 2.88. The molecule has 0 aromatic rings. The van der Waals surface area contributed by atoms with E-state index >= 15 is 0 Å². The van der Waals surface area contributed by atoms with Crippen molar-refractivity contribution in [1.82, 2.24) is 10.6 Å². The molecule has 2 N–H and O–H groups in total. The first kappa shape index (κ1) is 14.1. The number of carbonyl (C=O) groups excluding carboxylic acids is 1. The van der Waals surface area contributed by atoms with Crippen LogP contribution in [0.3, 0.4) is 0 Å². The summed E-state index contributed by atoms with van der Waals surface area (Å²) in [6.07, 6.45) is 9.98. The molecule has 4 heteroatoms. The molecule has 106 valence electrons. The minimum atomic E-state index is -0.348. The van der Waals surface area contributed by atoms with Crippen molar-refractivity contribution in [2.45, 2.75) is 51.1 Å². The van der Waals surface area contributed by atoms with Gasteiger partial charge in [0.15, 0.2) is 0 Å². The molecular formula is C15H24N2O2. The van der Waals surface area contributed by atoms with Crippen molar-refractivity contribution >= 4 is 6.09 Å².